The minimum absolute atomic E-state index is 0.0602. The van der Waals surface area contributed by atoms with Gasteiger partial charge in [-0.3, -0.25) is 14.3 Å². The molecular formula is C23H23N5O3. The molecule has 2 aliphatic carbocycles. The zero-order valence-electron chi connectivity index (χ0n) is 17.0. The summed E-state index contributed by atoms with van der Waals surface area (Å²) in [4.78, 5) is 26.7. The van der Waals surface area contributed by atoms with Gasteiger partial charge in [0.15, 0.2) is 5.82 Å². The molecule has 8 nitrogen and oxygen atoms in total. The Morgan fingerprint density at radius 2 is 2.03 bits per heavy atom. The molecule has 31 heavy (non-hydrogen) atoms. The van der Waals surface area contributed by atoms with Crippen LogP contribution < -0.4 is 10.9 Å². The number of carboxylic acid groups (broad SMARTS) is 1. The lowest BCUT2D eigenvalue weighted by Crippen LogP contribution is -2.23. The van der Waals surface area contributed by atoms with Gasteiger partial charge in [-0.2, -0.15) is 10.4 Å². The van der Waals surface area contributed by atoms with Crippen LogP contribution in [0.25, 0.3) is 10.9 Å². The highest BCUT2D eigenvalue weighted by molar-refractivity contribution is 5.91. The first kappa shape index (κ1) is 19.4. The molecule has 1 fully saturated rings. The molecule has 0 saturated heterocycles. The topological polar surface area (TPSA) is 124 Å². The van der Waals surface area contributed by atoms with E-state index in [9.17, 15) is 20.0 Å². The number of carbonyl (C=O) groups is 1. The van der Waals surface area contributed by atoms with Gasteiger partial charge in [-0.1, -0.05) is 18.9 Å². The lowest BCUT2D eigenvalue weighted by Gasteiger charge is -2.27. The normalized spacial score (nSPS) is 22.7. The maximum Gasteiger partial charge on any atom is 0.307 e. The number of aromatic nitrogens is 3. The molecule has 1 saturated carbocycles. The van der Waals surface area contributed by atoms with Gasteiger partial charge in [0.05, 0.1) is 29.5 Å². The van der Waals surface area contributed by atoms with E-state index < -0.39 is 5.97 Å². The highest BCUT2D eigenvalue weighted by Gasteiger charge is 2.30. The number of anilines is 2. The number of benzene rings is 1. The largest absolute Gasteiger partial charge is 0.481 e. The fourth-order valence-corrected chi connectivity index (χ4v) is 5.00. The van der Waals surface area contributed by atoms with Crippen molar-refractivity contribution in [3.63, 3.8) is 0 Å². The van der Waals surface area contributed by atoms with Crippen LogP contribution in [0.1, 0.15) is 42.9 Å². The molecule has 3 unspecified atom stereocenters. The van der Waals surface area contributed by atoms with Gasteiger partial charge < -0.3 is 15.4 Å². The number of H-pyrrole nitrogens is 1. The standard InChI is InChI=1S/C23H23N5O3/c24-12-14-3-1-2-4-18(14)28-19-7-8-25-22(29)20(19)21(27-28)26-17-6-5-13-9-16(23(30)31)10-15(13)11-17/h5-8,11,14,16,18H,1-4,9-10H2,(H,25,29)(H,26,27)(H,30,31). The first-order valence-electron chi connectivity index (χ1n) is 10.7. The molecule has 5 rings (SSSR count). The van der Waals surface area contributed by atoms with Crippen molar-refractivity contribution in [2.75, 3.05) is 5.32 Å². The molecule has 1 aromatic carbocycles. The summed E-state index contributed by atoms with van der Waals surface area (Å²) in [5, 5.41) is 27.4. The Morgan fingerprint density at radius 3 is 2.84 bits per heavy atom. The summed E-state index contributed by atoms with van der Waals surface area (Å²) in [6, 6.07) is 9.97. The number of nitrogens with one attached hydrogen (secondary N) is 2. The van der Waals surface area contributed by atoms with E-state index in [1.165, 1.54) is 0 Å². The first-order valence-corrected chi connectivity index (χ1v) is 10.7. The summed E-state index contributed by atoms with van der Waals surface area (Å²) in [6.07, 6.45) is 6.41. The number of fused-ring (bicyclic) bond motifs is 2. The van der Waals surface area contributed by atoms with Crippen LogP contribution in [0.4, 0.5) is 11.5 Å². The lowest BCUT2D eigenvalue weighted by atomic mass is 9.85. The number of carboxylic acids is 1. The highest BCUT2D eigenvalue weighted by Crippen LogP contribution is 2.37. The Hall–Kier alpha value is -3.60. The van der Waals surface area contributed by atoms with E-state index in [1.807, 2.05) is 28.9 Å². The van der Waals surface area contributed by atoms with Gasteiger partial charge in [0.25, 0.3) is 5.56 Å². The molecule has 3 N–H and O–H groups in total. The van der Waals surface area contributed by atoms with Crippen molar-refractivity contribution in [3.8, 4) is 6.07 Å². The number of hydrogen-bond acceptors (Lipinski definition) is 5. The van der Waals surface area contributed by atoms with E-state index in [2.05, 4.69) is 16.4 Å². The van der Waals surface area contributed by atoms with Gasteiger partial charge in [0, 0.05) is 11.9 Å². The molecule has 158 valence electrons. The Balaban J connectivity index is 1.53. The smallest absolute Gasteiger partial charge is 0.307 e. The summed E-state index contributed by atoms with van der Waals surface area (Å²) in [5.41, 5.74) is 3.30. The van der Waals surface area contributed by atoms with Gasteiger partial charge in [-0.25, -0.2) is 0 Å². The van der Waals surface area contributed by atoms with Crippen LogP contribution in [-0.4, -0.2) is 25.8 Å². The third kappa shape index (κ3) is 3.36. The average Bonchev–Trinajstić information content (AvgIpc) is 3.36. The van der Waals surface area contributed by atoms with Crippen LogP contribution in [0.2, 0.25) is 0 Å². The van der Waals surface area contributed by atoms with E-state index in [-0.39, 0.29) is 23.4 Å². The Kier molecular flexibility index (Phi) is 4.74. The van der Waals surface area contributed by atoms with E-state index >= 15 is 0 Å². The molecule has 0 radical (unpaired) electrons. The van der Waals surface area contributed by atoms with E-state index in [0.717, 1.165) is 42.5 Å². The monoisotopic (exact) mass is 417 g/mol. The maximum absolute atomic E-state index is 12.7. The van der Waals surface area contributed by atoms with Gasteiger partial charge in [-0.05, 0) is 55.0 Å². The third-order valence-electron chi connectivity index (χ3n) is 6.59. The van der Waals surface area contributed by atoms with Crippen molar-refractivity contribution in [2.24, 2.45) is 11.8 Å². The fraction of sp³-hybridized carbons (Fsp3) is 0.391. The third-order valence-corrected chi connectivity index (χ3v) is 6.59. The molecule has 2 aliphatic rings. The van der Waals surface area contributed by atoms with E-state index in [0.29, 0.717) is 29.6 Å². The number of pyridine rings is 1. The van der Waals surface area contributed by atoms with Gasteiger partial charge >= 0.3 is 5.97 Å². The predicted octanol–water partition coefficient (Wildman–Crippen LogP) is 3.52. The maximum atomic E-state index is 12.7. The second kappa shape index (κ2) is 7.58. The van der Waals surface area contributed by atoms with Crippen molar-refractivity contribution < 1.29 is 9.90 Å². The van der Waals surface area contributed by atoms with E-state index in [1.54, 1.807) is 6.20 Å². The quantitative estimate of drug-likeness (QED) is 0.597. The average molecular weight is 417 g/mol. The predicted molar refractivity (Wildman–Crippen MR) is 115 cm³/mol. The molecular weight excluding hydrogens is 394 g/mol. The second-order valence-corrected chi connectivity index (χ2v) is 8.50. The number of nitrogens with zero attached hydrogens (tertiary/aromatic N) is 3. The van der Waals surface area contributed by atoms with Crippen molar-refractivity contribution >= 4 is 28.4 Å². The summed E-state index contributed by atoms with van der Waals surface area (Å²) in [6.45, 7) is 0. The summed E-state index contributed by atoms with van der Waals surface area (Å²) >= 11 is 0. The Labute approximate surface area is 178 Å². The van der Waals surface area contributed by atoms with Crippen LogP contribution in [-0.2, 0) is 17.6 Å². The number of hydrogen-bond donors (Lipinski definition) is 3. The molecule has 0 amide bonds. The van der Waals surface area contributed by atoms with Crippen LogP contribution in [0.5, 0.6) is 0 Å². The molecule has 3 atom stereocenters. The zero-order chi connectivity index (χ0) is 21.5. The summed E-state index contributed by atoms with van der Waals surface area (Å²) in [7, 11) is 0. The van der Waals surface area contributed by atoms with Crippen molar-refractivity contribution in [1.82, 2.24) is 14.8 Å². The van der Waals surface area contributed by atoms with Crippen LogP contribution in [0.15, 0.2) is 35.3 Å². The summed E-state index contributed by atoms with van der Waals surface area (Å²) < 4.78 is 1.84. The Bertz CT molecular complexity index is 1270. The van der Waals surface area contributed by atoms with Gasteiger partial charge in [0.1, 0.15) is 5.39 Å². The molecule has 0 aliphatic heterocycles. The molecule has 2 heterocycles. The molecule has 0 bridgehead atoms. The van der Waals surface area contributed by atoms with Crippen LogP contribution in [0, 0.1) is 23.2 Å². The van der Waals surface area contributed by atoms with Crippen molar-refractivity contribution in [1.29, 1.82) is 5.26 Å². The Morgan fingerprint density at radius 1 is 1.23 bits per heavy atom. The number of aromatic amines is 1. The van der Waals surface area contributed by atoms with Crippen LogP contribution >= 0.6 is 0 Å². The number of aliphatic carboxylic acids is 1. The van der Waals surface area contributed by atoms with Gasteiger partial charge in [0.2, 0.25) is 0 Å². The fourth-order valence-electron chi connectivity index (χ4n) is 5.00. The SMILES string of the molecule is N#CC1CCCCC1n1nc(Nc2ccc3c(c2)CC(C(=O)O)C3)c2c(=O)[nH]ccc21. The van der Waals surface area contributed by atoms with Crippen molar-refractivity contribution in [3.05, 3.63) is 51.9 Å². The molecule has 0 spiro atoms. The second-order valence-electron chi connectivity index (χ2n) is 8.50. The molecule has 3 aromatic rings. The number of rotatable bonds is 4. The van der Waals surface area contributed by atoms with Crippen LogP contribution in [0.3, 0.4) is 0 Å². The van der Waals surface area contributed by atoms with Gasteiger partial charge in [-0.15, -0.1) is 0 Å². The molecule has 2 aromatic heterocycles. The molecule has 8 heteroatoms. The van der Waals surface area contributed by atoms with E-state index in [4.69, 9.17) is 5.10 Å². The number of nitriles is 1. The minimum atomic E-state index is -0.776. The summed E-state index contributed by atoms with van der Waals surface area (Å²) in [5.74, 6) is -0.840. The zero-order valence-corrected chi connectivity index (χ0v) is 17.0. The lowest BCUT2D eigenvalue weighted by molar-refractivity contribution is -0.141. The highest BCUT2D eigenvalue weighted by atomic mass is 16.4. The minimum Gasteiger partial charge on any atom is -0.481 e. The van der Waals surface area contributed by atoms with Crippen molar-refractivity contribution in [2.45, 2.75) is 44.6 Å². The first-order chi connectivity index (χ1) is 15.0.